The van der Waals surface area contributed by atoms with Crippen molar-refractivity contribution in [1.82, 2.24) is 9.88 Å². The Kier molecular flexibility index (Phi) is 4.64. The fraction of sp³-hybridized carbons (Fsp3) is 0.545. The van der Waals surface area contributed by atoms with Gasteiger partial charge in [-0.3, -0.25) is 15.1 Å². The highest BCUT2D eigenvalue weighted by molar-refractivity contribution is 9.10. The van der Waals surface area contributed by atoms with Crippen molar-refractivity contribution in [2.24, 2.45) is 0 Å². The number of aromatic nitrogens is 1. The first-order valence-corrected chi connectivity index (χ1v) is 6.24. The second-order valence-corrected chi connectivity index (χ2v) is 5.69. The molecule has 0 aliphatic carbocycles. The molecule has 0 saturated heterocycles. The van der Waals surface area contributed by atoms with E-state index in [0.717, 1.165) is 0 Å². The van der Waals surface area contributed by atoms with Crippen molar-refractivity contribution in [1.29, 1.82) is 0 Å². The van der Waals surface area contributed by atoms with E-state index in [0.29, 0.717) is 16.7 Å². The highest BCUT2D eigenvalue weighted by atomic mass is 79.9. The van der Waals surface area contributed by atoms with Crippen molar-refractivity contribution in [2.45, 2.75) is 19.4 Å². The highest BCUT2D eigenvalue weighted by Crippen LogP contribution is 2.31. The lowest BCUT2D eigenvalue weighted by Gasteiger charge is -2.33. The summed E-state index contributed by atoms with van der Waals surface area (Å²) in [6.45, 7) is 4.70. The van der Waals surface area contributed by atoms with Gasteiger partial charge in [0.25, 0.3) is 0 Å². The van der Waals surface area contributed by atoms with E-state index < -0.39 is 4.92 Å². The molecule has 18 heavy (non-hydrogen) atoms. The lowest BCUT2D eigenvalue weighted by atomic mass is 10.0. The largest absolute Gasteiger partial charge is 0.377 e. The van der Waals surface area contributed by atoms with Crippen molar-refractivity contribution in [3.8, 4) is 0 Å². The molecule has 100 valence electrons. The predicted octanol–water partition coefficient (Wildman–Crippen LogP) is 2.50. The number of nitrogens with zero attached hydrogens (tertiary/aromatic N) is 3. The molecule has 6 nitrogen and oxygen atoms in total. The van der Waals surface area contributed by atoms with Gasteiger partial charge in [-0.15, -0.1) is 0 Å². The Bertz CT molecular complexity index is 449. The summed E-state index contributed by atoms with van der Waals surface area (Å²) in [5.41, 5.74) is 0.320. The van der Waals surface area contributed by atoms with Crippen LogP contribution < -0.4 is 5.32 Å². The number of hydrogen-bond donors (Lipinski definition) is 1. The van der Waals surface area contributed by atoms with Gasteiger partial charge in [-0.05, 0) is 43.9 Å². The molecule has 0 aromatic carbocycles. The van der Waals surface area contributed by atoms with Gasteiger partial charge in [0.15, 0.2) is 0 Å². The number of nitrogens with one attached hydrogen (secondary N) is 1. The molecule has 1 heterocycles. The van der Waals surface area contributed by atoms with E-state index in [-0.39, 0.29) is 11.2 Å². The molecule has 0 amide bonds. The average Bonchev–Trinajstić information content (AvgIpc) is 2.26. The molecule has 0 unspecified atom stereocenters. The number of pyridine rings is 1. The summed E-state index contributed by atoms with van der Waals surface area (Å²) in [6.07, 6.45) is 2.79. The molecule has 0 atom stereocenters. The molecule has 0 bridgehead atoms. The maximum atomic E-state index is 10.9. The van der Waals surface area contributed by atoms with Gasteiger partial charge in [0.05, 0.1) is 9.40 Å². The zero-order valence-corrected chi connectivity index (χ0v) is 12.5. The second-order valence-electron chi connectivity index (χ2n) is 4.83. The van der Waals surface area contributed by atoms with E-state index >= 15 is 0 Å². The van der Waals surface area contributed by atoms with Gasteiger partial charge >= 0.3 is 5.69 Å². The number of rotatable bonds is 5. The number of hydrogen-bond acceptors (Lipinski definition) is 5. The Morgan fingerprint density at radius 1 is 1.50 bits per heavy atom. The summed E-state index contributed by atoms with van der Waals surface area (Å²) in [7, 11) is 3.94. The number of nitro groups is 1. The van der Waals surface area contributed by atoms with Crippen LogP contribution in [0.25, 0.3) is 0 Å². The van der Waals surface area contributed by atoms with E-state index in [9.17, 15) is 10.1 Å². The van der Waals surface area contributed by atoms with E-state index in [4.69, 9.17) is 0 Å². The molecule has 0 saturated carbocycles. The monoisotopic (exact) mass is 316 g/mol. The van der Waals surface area contributed by atoms with Crippen molar-refractivity contribution in [3.63, 3.8) is 0 Å². The van der Waals surface area contributed by atoms with Crippen LogP contribution in [0.3, 0.4) is 0 Å². The zero-order valence-electron chi connectivity index (χ0n) is 10.9. The van der Waals surface area contributed by atoms with Gasteiger partial charge in [-0.2, -0.15) is 0 Å². The zero-order chi connectivity index (χ0) is 13.9. The van der Waals surface area contributed by atoms with Gasteiger partial charge in [-0.25, -0.2) is 0 Å². The first-order chi connectivity index (χ1) is 8.25. The van der Waals surface area contributed by atoms with Crippen LogP contribution in [0.5, 0.6) is 0 Å². The van der Waals surface area contributed by atoms with Gasteiger partial charge in [0, 0.05) is 18.3 Å². The molecule has 0 aliphatic heterocycles. The average molecular weight is 317 g/mol. The Balaban J connectivity index is 2.95. The Morgan fingerprint density at radius 3 is 2.61 bits per heavy atom. The standard InChI is InChI=1S/C11H17BrN4O2/c1-11(2,15(3)4)7-14-10-8(12)5-13-6-9(10)16(17)18/h5-6H,7H2,1-4H3,(H,13,14). The number of halogens is 1. The fourth-order valence-electron chi connectivity index (χ4n) is 1.20. The topological polar surface area (TPSA) is 71.3 Å². The molecular weight excluding hydrogens is 300 g/mol. The molecule has 0 radical (unpaired) electrons. The molecule has 0 fully saturated rings. The molecular formula is C11H17BrN4O2. The summed E-state index contributed by atoms with van der Waals surface area (Å²) in [5.74, 6) is 0. The summed E-state index contributed by atoms with van der Waals surface area (Å²) in [5, 5.41) is 14.0. The molecule has 1 rings (SSSR count). The van der Waals surface area contributed by atoms with Crippen LogP contribution in [0.15, 0.2) is 16.9 Å². The van der Waals surface area contributed by atoms with E-state index in [2.05, 4.69) is 45.0 Å². The minimum absolute atomic E-state index is 0.0288. The predicted molar refractivity (Wildman–Crippen MR) is 74.8 cm³/mol. The minimum atomic E-state index is -0.442. The van der Waals surface area contributed by atoms with Crippen LogP contribution in [0.2, 0.25) is 0 Å². The van der Waals surface area contributed by atoms with Crippen molar-refractivity contribution in [2.75, 3.05) is 26.0 Å². The summed E-state index contributed by atoms with van der Waals surface area (Å²) < 4.78 is 0.589. The normalized spacial score (nSPS) is 11.7. The smallest absolute Gasteiger partial charge is 0.311 e. The molecule has 1 N–H and O–H groups in total. The Morgan fingerprint density at radius 2 is 2.11 bits per heavy atom. The van der Waals surface area contributed by atoms with E-state index in [1.807, 2.05) is 14.1 Å². The van der Waals surface area contributed by atoms with Crippen LogP contribution in [0, 0.1) is 10.1 Å². The Labute approximate surface area is 115 Å². The van der Waals surface area contributed by atoms with Gasteiger partial charge < -0.3 is 10.2 Å². The quantitative estimate of drug-likeness (QED) is 0.667. The maximum absolute atomic E-state index is 10.9. The molecule has 0 spiro atoms. The second kappa shape index (κ2) is 5.62. The molecule has 0 aliphatic rings. The number of likely N-dealkylation sites (N-methyl/N-ethyl adjacent to an activating group) is 1. The molecule has 1 aromatic rings. The third-order valence-electron chi connectivity index (χ3n) is 2.98. The van der Waals surface area contributed by atoms with Crippen LogP contribution in [-0.2, 0) is 0 Å². The van der Waals surface area contributed by atoms with Crippen molar-refractivity contribution >= 4 is 27.3 Å². The first kappa shape index (κ1) is 14.8. The van der Waals surface area contributed by atoms with Crippen LogP contribution in [0.1, 0.15) is 13.8 Å². The third-order valence-corrected chi connectivity index (χ3v) is 3.59. The fourth-order valence-corrected chi connectivity index (χ4v) is 1.66. The van der Waals surface area contributed by atoms with Crippen LogP contribution in [-0.4, -0.2) is 41.0 Å². The van der Waals surface area contributed by atoms with Crippen LogP contribution >= 0.6 is 15.9 Å². The van der Waals surface area contributed by atoms with Gasteiger partial charge in [0.2, 0.25) is 0 Å². The lowest BCUT2D eigenvalue weighted by molar-refractivity contribution is -0.384. The SMILES string of the molecule is CN(C)C(C)(C)CNc1c(Br)cncc1[N+](=O)[O-]. The van der Waals surface area contributed by atoms with Gasteiger partial charge in [-0.1, -0.05) is 0 Å². The molecule has 7 heteroatoms. The number of anilines is 1. The Hall–Kier alpha value is -1.21. The summed E-state index contributed by atoms with van der Waals surface area (Å²) in [6, 6.07) is 0. The highest BCUT2D eigenvalue weighted by Gasteiger charge is 2.23. The maximum Gasteiger partial charge on any atom is 0.311 e. The van der Waals surface area contributed by atoms with E-state index in [1.54, 1.807) is 0 Å². The van der Waals surface area contributed by atoms with Crippen LogP contribution in [0.4, 0.5) is 11.4 Å². The summed E-state index contributed by atoms with van der Waals surface area (Å²) >= 11 is 3.28. The van der Waals surface area contributed by atoms with Crippen molar-refractivity contribution < 1.29 is 4.92 Å². The third kappa shape index (κ3) is 3.39. The molecule has 1 aromatic heterocycles. The van der Waals surface area contributed by atoms with E-state index in [1.165, 1.54) is 12.4 Å². The first-order valence-electron chi connectivity index (χ1n) is 5.45. The minimum Gasteiger partial charge on any atom is -0.377 e. The van der Waals surface area contributed by atoms with Crippen molar-refractivity contribution in [3.05, 3.63) is 27.0 Å². The lowest BCUT2D eigenvalue weighted by Crippen LogP contribution is -2.44. The summed E-state index contributed by atoms with van der Waals surface area (Å²) in [4.78, 5) is 16.3. The van der Waals surface area contributed by atoms with Gasteiger partial charge in [0.1, 0.15) is 11.9 Å².